The molecule has 2 aliphatic heterocycles. The average Bonchev–Trinajstić information content (AvgIpc) is 3.59. The van der Waals surface area contributed by atoms with Gasteiger partial charge in [-0.25, -0.2) is 4.98 Å². The number of carbonyl (C=O) groups is 1. The molecule has 1 unspecified atom stereocenters. The Balaban J connectivity index is 1.48. The molecule has 0 saturated carbocycles. The molecule has 2 atom stereocenters. The highest BCUT2D eigenvalue weighted by molar-refractivity contribution is 7.88. The molecule has 0 N–H and O–H groups in total. The summed E-state index contributed by atoms with van der Waals surface area (Å²) in [4.78, 5) is 20.2. The molecule has 4 heterocycles. The van der Waals surface area contributed by atoms with Gasteiger partial charge in [-0.3, -0.25) is 4.79 Å². The fraction of sp³-hybridized carbons (Fsp3) is 0.393. The van der Waals surface area contributed by atoms with Crippen molar-refractivity contribution in [2.24, 2.45) is 0 Å². The van der Waals surface area contributed by atoms with Gasteiger partial charge in [-0.15, -0.1) is 4.31 Å². The molecule has 8 nitrogen and oxygen atoms in total. The Hall–Kier alpha value is -2.56. The molecule has 2 fully saturated rings. The number of anilines is 1. The quantitative estimate of drug-likeness (QED) is 0.251. The number of aromatic nitrogens is 3. The number of amides is 1. The number of imidazole rings is 1. The number of aryl methyl sites for hydroxylation is 2. The SMILES string of the molecule is Cc1noc(C)c1-c1ccc2c(c1)nc([C@@H]1CCC(=O)N1c1ccc(Cl)c(Cl)c1)n2C1CCN([S+](C)[O-])CC1. The van der Waals surface area contributed by atoms with E-state index >= 15 is 0 Å². The van der Waals surface area contributed by atoms with Gasteiger partial charge in [0, 0.05) is 48.2 Å². The highest BCUT2D eigenvalue weighted by atomic mass is 35.5. The van der Waals surface area contributed by atoms with Crippen LogP contribution >= 0.6 is 23.2 Å². The van der Waals surface area contributed by atoms with Gasteiger partial charge in [0.15, 0.2) is 0 Å². The van der Waals surface area contributed by atoms with Gasteiger partial charge in [0.05, 0.1) is 32.8 Å². The van der Waals surface area contributed by atoms with Gasteiger partial charge in [-0.1, -0.05) is 34.4 Å². The average molecular weight is 587 g/mol. The molecular formula is C28H29Cl2N5O3S. The van der Waals surface area contributed by atoms with Crippen LogP contribution in [-0.2, 0) is 16.2 Å². The Morgan fingerprint density at radius 1 is 1.05 bits per heavy atom. The van der Waals surface area contributed by atoms with Crippen LogP contribution in [-0.4, -0.2) is 48.8 Å². The van der Waals surface area contributed by atoms with E-state index in [1.165, 1.54) is 0 Å². The van der Waals surface area contributed by atoms with E-state index in [2.05, 4.69) is 27.9 Å². The maximum Gasteiger partial charge on any atom is 0.227 e. The van der Waals surface area contributed by atoms with E-state index < -0.39 is 11.4 Å². The first-order chi connectivity index (χ1) is 18.7. The van der Waals surface area contributed by atoms with Crippen molar-refractivity contribution in [1.29, 1.82) is 0 Å². The molecule has 1 amide bonds. The molecular weight excluding hydrogens is 557 g/mol. The van der Waals surface area contributed by atoms with E-state index in [1.54, 1.807) is 18.4 Å². The largest absolute Gasteiger partial charge is 0.598 e. The first-order valence-corrected chi connectivity index (χ1v) is 15.3. The summed E-state index contributed by atoms with van der Waals surface area (Å²) in [5, 5.41) is 4.98. The van der Waals surface area contributed by atoms with E-state index in [1.807, 2.05) is 29.1 Å². The number of nitrogens with zero attached hydrogens (tertiary/aromatic N) is 5. The second-order valence-electron chi connectivity index (χ2n) is 10.2. The smallest absolute Gasteiger partial charge is 0.227 e. The number of hydrogen-bond acceptors (Lipinski definition) is 6. The summed E-state index contributed by atoms with van der Waals surface area (Å²) in [7, 11) is 0. The van der Waals surface area contributed by atoms with Crippen molar-refractivity contribution < 1.29 is 13.9 Å². The maximum absolute atomic E-state index is 13.2. The second-order valence-corrected chi connectivity index (χ2v) is 12.4. The third-order valence-corrected chi connectivity index (χ3v) is 9.71. The molecule has 4 aromatic rings. The Labute approximate surface area is 240 Å². The molecule has 6 rings (SSSR count). The van der Waals surface area contributed by atoms with Crippen molar-refractivity contribution in [2.75, 3.05) is 24.2 Å². The normalized spacial score (nSPS) is 19.9. The Morgan fingerprint density at radius 2 is 1.82 bits per heavy atom. The number of benzene rings is 2. The van der Waals surface area contributed by atoms with Crippen LogP contribution in [0.3, 0.4) is 0 Å². The summed E-state index contributed by atoms with van der Waals surface area (Å²) in [6.45, 7) is 5.33. The number of hydrogen-bond donors (Lipinski definition) is 0. The summed E-state index contributed by atoms with van der Waals surface area (Å²) >= 11 is 11.5. The van der Waals surface area contributed by atoms with Crippen molar-refractivity contribution >= 4 is 57.2 Å². The van der Waals surface area contributed by atoms with E-state index in [4.69, 9.17) is 32.7 Å². The van der Waals surface area contributed by atoms with Crippen molar-refractivity contribution in [2.45, 2.75) is 51.6 Å². The fourth-order valence-corrected chi connectivity index (χ4v) is 7.05. The lowest BCUT2D eigenvalue weighted by molar-refractivity contribution is -0.117. The minimum atomic E-state index is -0.995. The molecule has 39 heavy (non-hydrogen) atoms. The van der Waals surface area contributed by atoms with Gasteiger partial charge in [-0.2, -0.15) is 0 Å². The van der Waals surface area contributed by atoms with Crippen LogP contribution in [0.1, 0.15) is 55.0 Å². The lowest BCUT2D eigenvalue weighted by atomic mass is 10.0. The predicted octanol–water partition coefficient (Wildman–Crippen LogP) is 6.41. The van der Waals surface area contributed by atoms with Crippen LogP contribution in [0, 0.1) is 13.8 Å². The predicted molar refractivity (Wildman–Crippen MR) is 155 cm³/mol. The zero-order valence-electron chi connectivity index (χ0n) is 22.0. The van der Waals surface area contributed by atoms with Gasteiger partial charge in [0.25, 0.3) is 0 Å². The third-order valence-electron chi connectivity index (χ3n) is 7.88. The minimum absolute atomic E-state index is 0.0320. The highest BCUT2D eigenvalue weighted by Gasteiger charge is 2.39. The molecule has 0 spiro atoms. The molecule has 2 aromatic heterocycles. The van der Waals surface area contributed by atoms with E-state index in [0.29, 0.717) is 28.6 Å². The lowest BCUT2D eigenvalue weighted by Crippen LogP contribution is -2.39. The second kappa shape index (κ2) is 10.4. The molecule has 2 saturated heterocycles. The Bertz CT molecular complexity index is 1540. The van der Waals surface area contributed by atoms with Crippen LogP contribution in [0.2, 0.25) is 10.0 Å². The van der Waals surface area contributed by atoms with Crippen molar-refractivity contribution in [3.8, 4) is 11.1 Å². The first kappa shape index (κ1) is 26.7. The summed E-state index contributed by atoms with van der Waals surface area (Å²) in [6.07, 6.45) is 4.49. The number of carbonyl (C=O) groups excluding carboxylic acids is 1. The maximum atomic E-state index is 13.2. The van der Waals surface area contributed by atoms with E-state index in [9.17, 15) is 9.35 Å². The van der Waals surface area contributed by atoms with Crippen molar-refractivity contribution in [3.63, 3.8) is 0 Å². The lowest BCUT2D eigenvalue weighted by Gasteiger charge is -2.34. The molecule has 204 valence electrons. The summed E-state index contributed by atoms with van der Waals surface area (Å²) < 4.78 is 21.9. The first-order valence-electron chi connectivity index (χ1n) is 13.0. The Kier molecular flexibility index (Phi) is 7.14. The fourth-order valence-electron chi connectivity index (χ4n) is 6.03. The standard InChI is InChI=1S/C28H29Cl2N5O3S/c1-16-27(17(2)38-32-16)18-4-7-24-23(14-18)31-28(35(24)19-10-12-33(13-11-19)39(3)37)25-8-9-26(36)34(25)20-5-6-21(29)22(30)15-20/h4-7,14-15,19,25H,8-13H2,1-3H3/t25-,39?/m0/s1. The van der Waals surface area contributed by atoms with E-state index in [-0.39, 0.29) is 18.0 Å². The molecule has 0 radical (unpaired) electrons. The monoisotopic (exact) mass is 585 g/mol. The molecule has 2 aromatic carbocycles. The Morgan fingerprint density at radius 3 is 2.49 bits per heavy atom. The van der Waals surface area contributed by atoms with E-state index in [0.717, 1.165) is 65.4 Å². The molecule has 0 aliphatic carbocycles. The third kappa shape index (κ3) is 4.74. The number of halogens is 2. The number of rotatable bonds is 5. The zero-order chi connectivity index (χ0) is 27.4. The van der Waals surface area contributed by atoms with Crippen LogP contribution in [0.4, 0.5) is 5.69 Å². The summed E-state index contributed by atoms with van der Waals surface area (Å²) in [5.41, 5.74) is 5.39. The minimum Gasteiger partial charge on any atom is -0.598 e. The van der Waals surface area contributed by atoms with Crippen LogP contribution in [0.15, 0.2) is 40.9 Å². The summed E-state index contributed by atoms with van der Waals surface area (Å²) in [6, 6.07) is 11.5. The molecule has 2 aliphatic rings. The van der Waals surface area contributed by atoms with Crippen LogP contribution < -0.4 is 4.90 Å². The number of fused-ring (bicyclic) bond motifs is 1. The number of piperidine rings is 1. The van der Waals surface area contributed by atoms with Crippen molar-refractivity contribution in [3.05, 3.63) is 63.7 Å². The zero-order valence-corrected chi connectivity index (χ0v) is 24.3. The van der Waals surface area contributed by atoms with Crippen LogP contribution in [0.25, 0.3) is 22.2 Å². The van der Waals surface area contributed by atoms with Gasteiger partial charge >= 0.3 is 0 Å². The van der Waals surface area contributed by atoms with Gasteiger partial charge in [0.1, 0.15) is 17.8 Å². The highest BCUT2D eigenvalue weighted by Crippen LogP contribution is 2.42. The van der Waals surface area contributed by atoms with Crippen molar-refractivity contribution in [1.82, 2.24) is 19.0 Å². The molecule has 11 heteroatoms. The van der Waals surface area contributed by atoms with Gasteiger partial charge < -0.3 is 18.5 Å². The van der Waals surface area contributed by atoms with Crippen LogP contribution in [0.5, 0.6) is 0 Å². The topological polar surface area (TPSA) is 90.5 Å². The molecule has 0 bridgehead atoms. The summed E-state index contributed by atoms with van der Waals surface area (Å²) in [5.74, 6) is 1.65. The van der Waals surface area contributed by atoms with Gasteiger partial charge in [-0.05, 0) is 69.0 Å². The van der Waals surface area contributed by atoms with Gasteiger partial charge in [0.2, 0.25) is 5.91 Å².